The van der Waals surface area contributed by atoms with E-state index in [2.05, 4.69) is 0 Å². The molecule has 0 bridgehead atoms. The molecule has 1 aromatic carbocycles. The molecule has 9 nitrogen and oxygen atoms in total. The number of likely N-dealkylation sites (tertiary alicyclic amines) is 1. The number of cyclic esters (lactones) is 1. The van der Waals surface area contributed by atoms with Crippen molar-refractivity contribution in [2.45, 2.75) is 38.8 Å². The smallest absolute Gasteiger partial charge is 0.415 e. The number of ether oxygens (including phenoxy) is 2. The molecular formula is C21H27FN4O5. The molecular weight excluding hydrogens is 407 g/mol. The Morgan fingerprint density at radius 3 is 2.39 bits per heavy atom. The van der Waals surface area contributed by atoms with Crippen molar-refractivity contribution in [2.24, 2.45) is 28.7 Å². The summed E-state index contributed by atoms with van der Waals surface area (Å²) in [5, 5.41) is 0. The van der Waals surface area contributed by atoms with Crippen LogP contribution in [0.5, 0.6) is 0 Å². The van der Waals surface area contributed by atoms with Gasteiger partial charge in [0.05, 0.1) is 11.7 Å². The Balaban J connectivity index is 1.55. The molecule has 4 amide bonds. The monoisotopic (exact) mass is 434 g/mol. The van der Waals surface area contributed by atoms with E-state index >= 15 is 4.39 Å². The Labute approximate surface area is 179 Å². The zero-order valence-corrected chi connectivity index (χ0v) is 17.7. The van der Waals surface area contributed by atoms with Crippen LogP contribution in [-0.4, -0.2) is 55.0 Å². The largest absolute Gasteiger partial charge is 0.446 e. The lowest BCUT2D eigenvalue weighted by Crippen LogP contribution is -2.47. The number of fused-ring (bicyclic) bond motifs is 1. The average molecular weight is 434 g/mol. The maximum absolute atomic E-state index is 15.1. The number of benzene rings is 1. The van der Waals surface area contributed by atoms with Crippen LogP contribution in [0, 0.1) is 23.1 Å². The molecule has 3 aliphatic rings. The summed E-state index contributed by atoms with van der Waals surface area (Å²) in [6.07, 6.45) is -2.32. The van der Waals surface area contributed by atoms with Crippen molar-refractivity contribution in [3.05, 3.63) is 29.6 Å². The Kier molecular flexibility index (Phi) is 4.98. The van der Waals surface area contributed by atoms with Crippen molar-refractivity contribution in [3.63, 3.8) is 0 Å². The molecule has 10 heteroatoms. The highest BCUT2D eigenvalue weighted by atomic mass is 19.1. The zero-order chi connectivity index (χ0) is 22.7. The van der Waals surface area contributed by atoms with E-state index in [9.17, 15) is 14.4 Å². The van der Waals surface area contributed by atoms with E-state index in [-0.39, 0.29) is 24.4 Å². The third-order valence-corrected chi connectivity index (χ3v) is 6.48. The molecule has 3 fully saturated rings. The molecule has 2 aliphatic heterocycles. The van der Waals surface area contributed by atoms with E-state index in [0.29, 0.717) is 24.3 Å². The quantitative estimate of drug-likeness (QED) is 0.752. The van der Waals surface area contributed by atoms with E-state index in [4.69, 9.17) is 20.9 Å². The van der Waals surface area contributed by atoms with Crippen molar-refractivity contribution in [1.82, 2.24) is 4.90 Å². The number of hydrogen-bond donors (Lipinski definition) is 2. The van der Waals surface area contributed by atoms with Gasteiger partial charge in [-0.25, -0.2) is 18.8 Å². The Morgan fingerprint density at radius 2 is 1.87 bits per heavy atom. The molecule has 0 spiro atoms. The van der Waals surface area contributed by atoms with Crippen molar-refractivity contribution in [3.8, 4) is 0 Å². The molecule has 0 radical (unpaired) electrons. The molecule has 2 saturated heterocycles. The predicted octanol–water partition coefficient (Wildman–Crippen LogP) is 2.38. The summed E-state index contributed by atoms with van der Waals surface area (Å²) in [4.78, 5) is 38.0. The van der Waals surface area contributed by atoms with Crippen LogP contribution in [0.4, 0.5) is 24.5 Å². The van der Waals surface area contributed by atoms with Crippen LogP contribution in [0.25, 0.3) is 0 Å². The van der Waals surface area contributed by atoms with Gasteiger partial charge >= 0.3 is 18.2 Å². The van der Waals surface area contributed by atoms with Gasteiger partial charge in [0.1, 0.15) is 12.4 Å². The molecule has 1 aliphatic carbocycles. The number of carbonyl (C=O) groups is 3. The molecule has 2 heterocycles. The highest BCUT2D eigenvalue weighted by molar-refractivity contribution is 5.91. The first kappa shape index (κ1) is 21.2. The molecule has 1 saturated carbocycles. The number of nitrogens with two attached hydrogens (primary N) is 2. The van der Waals surface area contributed by atoms with Crippen LogP contribution in [0.2, 0.25) is 0 Å². The van der Waals surface area contributed by atoms with Gasteiger partial charge in [-0.3, -0.25) is 4.90 Å². The first-order chi connectivity index (χ1) is 14.5. The van der Waals surface area contributed by atoms with Gasteiger partial charge in [0, 0.05) is 13.1 Å². The highest BCUT2D eigenvalue weighted by Gasteiger charge is 2.58. The fraction of sp³-hybridized carbons (Fsp3) is 0.571. The zero-order valence-electron chi connectivity index (χ0n) is 17.7. The number of rotatable bonds is 4. The summed E-state index contributed by atoms with van der Waals surface area (Å²) in [5.74, 6) is 0.0645. The second-order valence-electron chi connectivity index (χ2n) is 9.54. The maximum Gasteiger partial charge on any atom is 0.415 e. The van der Waals surface area contributed by atoms with Crippen LogP contribution >= 0.6 is 0 Å². The van der Waals surface area contributed by atoms with E-state index < -0.39 is 41.6 Å². The minimum atomic E-state index is -0.956. The Morgan fingerprint density at radius 1 is 1.23 bits per heavy atom. The van der Waals surface area contributed by atoms with E-state index in [1.54, 1.807) is 17.0 Å². The van der Waals surface area contributed by atoms with Crippen molar-refractivity contribution < 1.29 is 28.2 Å². The number of urea groups is 1. The number of piperidine rings is 1. The predicted molar refractivity (Wildman–Crippen MR) is 109 cm³/mol. The van der Waals surface area contributed by atoms with Crippen LogP contribution < -0.4 is 16.4 Å². The standard InChI is InChI=1S/C21H27FN4O5/c1-21(2,3)17-15(9-30-19(24)28)31-20(29)26(17)10-4-5-11(14(22)6-10)16-12-7-25(18(23)27)8-13(12)16/h4-6,12-13,15-17H,7-9H2,1-3H3,(H2,23,27)(H2,24,28)/t12-,13+,15-,16?,17?/m1/s1. The van der Waals surface area contributed by atoms with Gasteiger partial charge in [-0.1, -0.05) is 26.8 Å². The second-order valence-corrected chi connectivity index (χ2v) is 9.54. The van der Waals surface area contributed by atoms with Gasteiger partial charge < -0.3 is 25.8 Å². The van der Waals surface area contributed by atoms with Gasteiger partial charge in [0.2, 0.25) is 0 Å². The fourth-order valence-corrected chi connectivity index (χ4v) is 5.13. The normalized spacial score (nSPS) is 29.5. The van der Waals surface area contributed by atoms with Crippen LogP contribution in [0.3, 0.4) is 0 Å². The minimum absolute atomic E-state index is 0.0466. The van der Waals surface area contributed by atoms with Crippen LogP contribution in [0.15, 0.2) is 18.2 Å². The van der Waals surface area contributed by atoms with E-state index in [1.807, 2.05) is 20.8 Å². The van der Waals surface area contributed by atoms with Crippen LogP contribution in [0.1, 0.15) is 32.3 Å². The topological polar surface area (TPSA) is 128 Å². The first-order valence-electron chi connectivity index (χ1n) is 10.2. The lowest BCUT2D eigenvalue weighted by atomic mass is 9.82. The lowest BCUT2D eigenvalue weighted by molar-refractivity contribution is 0.0504. The first-order valence-corrected chi connectivity index (χ1v) is 10.2. The van der Waals surface area contributed by atoms with E-state index in [1.165, 1.54) is 11.0 Å². The fourth-order valence-electron chi connectivity index (χ4n) is 5.13. The molecule has 1 aromatic rings. The number of primary amides is 2. The maximum atomic E-state index is 15.1. The SMILES string of the molecule is CC(C)(C)C1[C@@H](COC(N)=O)OC(=O)N1c1ccc(C2[C@H]3CN(C(N)=O)C[C@@H]23)c(F)c1. The second kappa shape index (κ2) is 7.28. The van der Waals surface area contributed by atoms with E-state index in [0.717, 1.165) is 0 Å². The van der Waals surface area contributed by atoms with Gasteiger partial charge in [0.15, 0.2) is 6.10 Å². The molecule has 0 aromatic heterocycles. The summed E-state index contributed by atoms with van der Waals surface area (Å²) < 4.78 is 25.4. The molecule has 31 heavy (non-hydrogen) atoms. The summed E-state index contributed by atoms with van der Waals surface area (Å²) in [5.41, 5.74) is 10.9. The average Bonchev–Trinajstić information content (AvgIpc) is 3.00. The summed E-state index contributed by atoms with van der Waals surface area (Å²) in [7, 11) is 0. The third kappa shape index (κ3) is 3.75. The Bertz CT molecular complexity index is 921. The number of carbonyl (C=O) groups excluding carboxylic acids is 3. The number of hydrogen-bond acceptors (Lipinski definition) is 5. The van der Waals surface area contributed by atoms with Crippen molar-refractivity contribution >= 4 is 23.9 Å². The number of halogens is 1. The molecule has 2 unspecified atom stereocenters. The molecule has 5 atom stereocenters. The summed E-state index contributed by atoms with van der Waals surface area (Å²) in [6.45, 7) is 6.66. The highest BCUT2D eigenvalue weighted by Crippen LogP contribution is 2.58. The minimum Gasteiger partial charge on any atom is -0.446 e. The van der Waals surface area contributed by atoms with Crippen LogP contribution in [-0.2, 0) is 9.47 Å². The third-order valence-electron chi connectivity index (χ3n) is 6.48. The number of anilines is 1. The van der Waals surface area contributed by atoms with Gasteiger partial charge in [-0.05, 0) is 40.9 Å². The van der Waals surface area contributed by atoms with Gasteiger partial charge in [-0.15, -0.1) is 0 Å². The molecule has 4 rings (SSSR count). The lowest BCUT2D eigenvalue weighted by Gasteiger charge is -2.35. The molecule has 168 valence electrons. The van der Waals surface area contributed by atoms with Crippen molar-refractivity contribution in [1.29, 1.82) is 0 Å². The number of amides is 4. The summed E-state index contributed by atoms with van der Waals surface area (Å²) in [6, 6.07) is 3.80. The van der Waals surface area contributed by atoms with Gasteiger partial charge in [-0.2, -0.15) is 0 Å². The van der Waals surface area contributed by atoms with Crippen molar-refractivity contribution in [2.75, 3.05) is 24.6 Å². The van der Waals surface area contributed by atoms with Gasteiger partial charge in [0.25, 0.3) is 0 Å². The molecule has 4 N–H and O–H groups in total. The number of nitrogens with zero attached hydrogens (tertiary/aromatic N) is 2. The summed E-state index contributed by atoms with van der Waals surface area (Å²) >= 11 is 0. The Hall–Kier alpha value is -3.04.